The maximum atomic E-state index is 5.44. The van der Waals surface area contributed by atoms with Crippen LogP contribution in [0.2, 0.25) is 0 Å². The molecule has 1 aromatic rings. The zero-order chi connectivity index (χ0) is 13.1. The Hall–Kier alpha value is -1.20. The number of hydrogen-bond donors (Lipinski definition) is 1. The predicted molar refractivity (Wildman–Crippen MR) is 72.4 cm³/mol. The van der Waals surface area contributed by atoms with Gasteiger partial charge in [0.2, 0.25) is 0 Å². The molecule has 19 heavy (non-hydrogen) atoms. The van der Waals surface area contributed by atoms with Crippen molar-refractivity contribution in [2.24, 2.45) is 0 Å². The fourth-order valence-corrected chi connectivity index (χ4v) is 2.69. The van der Waals surface area contributed by atoms with Crippen molar-refractivity contribution in [1.82, 2.24) is 9.97 Å². The number of anilines is 1. The van der Waals surface area contributed by atoms with E-state index in [-0.39, 0.29) is 0 Å². The standard InChI is InChI=1S/C14H21N3O2/c1-10-15-13(11-2-5-19-9-11)8-14(16-10)17-12-3-6-18-7-4-12/h8,11-12H,2-7,9H2,1H3,(H,15,16,17)/t11-/m1/s1. The van der Waals surface area contributed by atoms with E-state index in [4.69, 9.17) is 9.47 Å². The Morgan fingerprint density at radius 1 is 1.11 bits per heavy atom. The predicted octanol–water partition coefficient (Wildman–Crippen LogP) is 1.88. The topological polar surface area (TPSA) is 56.3 Å². The van der Waals surface area contributed by atoms with Gasteiger partial charge in [-0.3, -0.25) is 0 Å². The molecule has 2 saturated heterocycles. The van der Waals surface area contributed by atoms with Gasteiger partial charge in [-0.15, -0.1) is 0 Å². The van der Waals surface area contributed by atoms with Gasteiger partial charge in [-0.1, -0.05) is 0 Å². The molecular formula is C14H21N3O2. The molecule has 0 bridgehead atoms. The van der Waals surface area contributed by atoms with E-state index in [9.17, 15) is 0 Å². The van der Waals surface area contributed by atoms with Crippen LogP contribution in [0.4, 0.5) is 5.82 Å². The van der Waals surface area contributed by atoms with Crippen molar-refractivity contribution in [3.63, 3.8) is 0 Å². The van der Waals surface area contributed by atoms with Gasteiger partial charge in [0.1, 0.15) is 11.6 Å². The Balaban J connectivity index is 1.73. The maximum absolute atomic E-state index is 5.44. The number of aromatic nitrogens is 2. The molecule has 0 unspecified atom stereocenters. The minimum absolute atomic E-state index is 0.428. The average Bonchev–Trinajstić information content (AvgIpc) is 2.93. The molecule has 1 aromatic heterocycles. The van der Waals surface area contributed by atoms with Crippen LogP contribution in [-0.4, -0.2) is 42.4 Å². The van der Waals surface area contributed by atoms with E-state index in [1.54, 1.807) is 0 Å². The molecule has 0 radical (unpaired) electrons. The first-order valence-electron chi connectivity index (χ1n) is 7.09. The van der Waals surface area contributed by atoms with Crippen LogP contribution in [0.1, 0.15) is 36.7 Å². The van der Waals surface area contributed by atoms with Crippen LogP contribution in [0, 0.1) is 6.92 Å². The lowest BCUT2D eigenvalue weighted by Crippen LogP contribution is -2.28. The quantitative estimate of drug-likeness (QED) is 0.902. The van der Waals surface area contributed by atoms with Crippen LogP contribution in [0.15, 0.2) is 6.07 Å². The first kappa shape index (κ1) is 12.8. The monoisotopic (exact) mass is 263 g/mol. The highest BCUT2D eigenvalue weighted by Crippen LogP contribution is 2.25. The second-order valence-corrected chi connectivity index (χ2v) is 5.32. The van der Waals surface area contributed by atoms with E-state index in [0.29, 0.717) is 12.0 Å². The Labute approximate surface area is 113 Å². The molecule has 3 heterocycles. The van der Waals surface area contributed by atoms with Crippen molar-refractivity contribution in [1.29, 1.82) is 0 Å². The van der Waals surface area contributed by atoms with Gasteiger partial charge in [0.15, 0.2) is 0 Å². The molecule has 5 nitrogen and oxygen atoms in total. The van der Waals surface area contributed by atoms with Crippen LogP contribution in [-0.2, 0) is 9.47 Å². The first-order valence-corrected chi connectivity index (χ1v) is 7.09. The molecule has 2 aliphatic heterocycles. The first-order chi connectivity index (χ1) is 9.31. The van der Waals surface area contributed by atoms with Crippen molar-refractivity contribution < 1.29 is 9.47 Å². The summed E-state index contributed by atoms with van der Waals surface area (Å²) in [5, 5.41) is 3.51. The lowest BCUT2D eigenvalue weighted by Gasteiger charge is -2.24. The molecule has 1 atom stereocenters. The minimum atomic E-state index is 0.428. The summed E-state index contributed by atoms with van der Waals surface area (Å²) in [4.78, 5) is 9.05. The van der Waals surface area contributed by atoms with Gasteiger partial charge in [-0.2, -0.15) is 0 Å². The summed E-state index contributed by atoms with van der Waals surface area (Å²) in [7, 11) is 0. The van der Waals surface area contributed by atoms with Crippen molar-refractivity contribution in [3.05, 3.63) is 17.6 Å². The average molecular weight is 263 g/mol. The molecule has 3 rings (SSSR count). The molecule has 104 valence electrons. The molecule has 2 aliphatic rings. The van der Waals surface area contributed by atoms with E-state index >= 15 is 0 Å². The van der Waals surface area contributed by atoms with E-state index in [1.807, 2.05) is 6.92 Å². The Kier molecular flexibility index (Phi) is 3.94. The van der Waals surface area contributed by atoms with Gasteiger partial charge in [-0.05, 0) is 26.2 Å². The summed E-state index contributed by atoms with van der Waals surface area (Å²) in [5.74, 6) is 2.21. The SMILES string of the molecule is Cc1nc(NC2CCOCC2)cc([C@@H]2CCOC2)n1. The van der Waals surface area contributed by atoms with E-state index in [0.717, 1.165) is 63.0 Å². The fourth-order valence-electron chi connectivity index (χ4n) is 2.69. The van der Waals surface area contributed by atoms with E-state index in [1.165, 1.54) is 0 Å². The second kappa shape index (κ2) is 5.84. The molecule has 0 saturated carbocycles. The maximum Gasteiger partial charge on any atom is 0.130 e. The summed E-state index contributed by atoms with van der Waals surface area (Å²) >= 11 is 0. The summed E-state index contributed by atoms with van der Waals surface area (Å²) in [6.07, 6.45) is 3.16. The Morgan fingerprint density at radius 2 is 1.89 bits per heavy atom. The van der Waals surface area contributed by atoms with Crippen molar-refractivity contribution in [2.45, 2.75) is 38.1 Å². The number of ether oxygens (including phenoxy) is 2. The molecule has 0 amide bonds. The van der Waals surface area contributed by atoms with Crippen LogP contribution >= 0.6 is 0 Å². The van der Waals surface area contributed by atoms with E-state index in [2.05, 4.69) is 21.4 Å². The Morgan fingerprint density at radius 3 is 2.63 bits per heavy atom. The summed E-state index contributed by atoms with van der Waals surface area (Å²) in [6.45, 7) is 5.26. The molecule has 5 heteroatoms. The Bertz CT molecular complexity index is 427. The zero-order valence-corrected chi connectivity index (χ0v) is 11.4. The lowest BCUT2D eigenvalue weighted by atomic mass is 10.0. The van der Waals surface area contributed by atoms with Crippen LogP contribution in [0.25, 0.3) is 0 Å². The zero-order valence-electron chi connectivity index (χ0n) is 11.4. The molecule has 0 aromatic carbocycles. The normalized spacial score (nSPS) is 24.6. The highest BCUT2D eigenvalue weighted by molar-refractivity contribution is 5.38. The van der Waals surface area contributed by atoms with Crippen LogP contribution < -0.4 is 5.32 Å². The van der Waals surface area contributed by atoms with Gasteiger partial charge in [0.25, 0.3) is 0 Å². The van der Waals surface area contributed by atoms with Crippen molar-refractivity contribution >= 4 is 5.82 Å². The number of nitrogens with one attached hydrogen (secondary N) is 1. The van der Waals surface area contributed by atoms with Gasteiger partial charge in [0, 0.05) is 37.8 Å². The number of nitrogens with zero attached hydrogens (tertiary/aromatic N) is 2. The van der Waals surface area contributed by atoms with E-state index < -0.39 is 0 Å². The highest BCUT2D eigenvalue weighted by atomic mass is 16.5. The summed E-state index contributed by atoms with van der Waals surface area (Å²) < 4.78 is 10.8. The second-order valence-electron chi connectivity index (χ2n) is 5.32. The molecule has 0 aliphatic carbocycles. The highest BCUT2D eigenvalue weighted by Gasteiger charge is 2.21. The number of aryl methyl sites for hydroxylation is 1. The van der Waals surface area contributed by atoms with Gasteiger partial charge >= 0.3 is 0 Å². The fraction of sp³-hybridized carbons (Fsp3) is 0.714. The molecular weight excluding hydrogens is 242 g/mol. The van der Waals surface area contributed by atoms with Gasteiger partial charge < -0.3 is 14.8 Å². The third kappa shape index (κ3) is 3.22. The molecule has 1 N–H and O–H groups in total. The summed E-state index contributed by atoms with van der Waals surface area (Å²) in [6, 6.07) is 2.55. The lowest BCUT2D eigenvalue weighted by molar-refractivity contribution is 0.0904. The molecule has 2 fully saturated rings. The largest absolute Gasteiger partial charge is 0.381 e. The number of hydrogen-bond acceptors (Lipinski definition) is 5. The smallest absolute Gasteiger partial charge is 0.130 e. The number of rotatable bonds is 3. The van der Waals surface area contributed by atoms with Gasteiger partial charge in [-0.25, -0.2) is 9.97 Å². The van der Waals surface area contributed by atoms with Crippen LogP contribution in [0.3, 0.4) is 0 Å². The van der Waals surface area contributed by atoms with Crippen LogP contribution in [0.5, 0.6) is 0 Å². The third-order valence-electron chi connectivity index (χ3n) is 3.78. The van der Waals surface area contributed by atoms with Gasteiger partial charge in [0.05, 0.1) is 12.3 Å². The minimum Gasteiger partial charge on any atom is -0.381 e. The van der Waals surface area contributed by atoms with Crippen molar-refractivity contribution in [3.8, 4) is 0 Å². The third-order valence-corrected chi connectivity index (χ3v) is 3.78. The summed E-state index contributed by atoms with van der Waals surface area (Å²) in [5.41, 5.74) is 1.11. The van der Waals surface area contributed by atoms with Crippen molar-refractivity contribution in [2.75, 3.05) is 31.7 Å². The molecule has 0 spiro atoms.